The number of carboxylic acid groups (broad SMARTS) is 1. The number of carbonyl (C=O) groups excluding carboxylic acids is 1. The van der Waals surface area contributed by atoms with Crippen LogP contribution >= 0.6 is 11.6 Å². The molecule has 0 heterocycles. The molecule has 0 saturated carbocycles. The number of Topliss-reactive ketones (excluding diaryl/α,β-unsaturated/α-hetero) is 1. The number of rotatable bonds is 4. The van der Waals surface area contributed by atoms with Crippen LogP contribution in [0.2, 0.25) is 0 Å². The molecule has 0 bridgehead atoms. The molecule has 4 heteroatoms. The highest BCUT2D eigenvalue weighted by atomic mass is 35.5. The molecule has 0 aliphatic heterocycles. The van der Waals surface area contributed by atoms with Crippen LogP contribution in [0.3, 0.4) is 0 Å². The normalized spacial score (nSPS) is 12.6. The Morgan fingerprint density at radius 3 is 2.59 bits per heavy atom. The average molecular weight is 253 g/mol. The molecule has 1 aromatic carbocycles. The molecule has 90 valence electrons. The topological polar surface area (TPSA) is 54.4 Å². The predicted molar refractivity (Wildman–Crippen MR) is 67.1 cm³/mol. The number of carbonyl (C=O) groups is 2. The number of hydrogen-bond acceptors (Lipinski definition) is 2. The summed E-state index contributed by atoms with van der Waals surface area (Å²) in [5.41, 5.74) is 2.19. The number of benzene rings is 1. The molecule has 1 aromatic rings. The Bertz CT molecular complexity index is 478. The van der Waals surface area contributed by atoms with Crippen LogP contribution in [0.1, 0.15) is 29.0 Å². The van der Waals surface area contributed by atoms with E-state index in [4.69, 9.17) is 16.7 Å². The van der Waals surface area contributed by atoms with Crippen LogP contribution in [0.4, 0.5) is 0 Å². The number of ketones is 1. The highest BCUT2D eigenvalue weighted by molar-refractivity contribution is 6.31. The fourth-order valence-electron chi connectivity index (χ4n) is 1.56. The number of hydrogen-bond donors (Lipinski definition) is 1. The summed E-state index contributed by atoms with van der Waals surface area (Å²) in [5, 5.41) is 7.85. The van der Waals surface area contributed by atoms with Gasteiger partial charge in [-0.05, 0) is 36.6 Å². The standard InChI is InChI=1S/C13H13ClO3/c1-8-4-3-5-10(6-7-11(16)17)12(8)13(14)9(2)15/h3-7,13H,1-2H3,(H,16,17)/b7-6+. The molecule has 1 N–H and O–H groups in total. The number of halogens is 1. The maximum Gasteiger partial charge on any atom is 0.328 e. The van der Waals surface area contributed by atoms with Gasteiger partial charge in [0.05, 0.1) is 0 Å². The highest BCUT2D eigenvalue weighted by Crippen LogP contribution is 2.29. The number of carboxylic acids is 1. The maximum atomic E-state index is 11.3. The first-order valence-electron chi connectivity index (χ1n) is 5.08. The number of aliphatic carboxylic acids is 1. The lowest BCUT2D eigenvalue weighted by molar-refractivity contribution is -0.131. The molecule has 1 unspecified atom stereocenters. The largest absolute Gasteiger partial charge is 0.478 e. The second-order valence-electron chi connectivity index (χ2n) is 3.72. The van der Waals surface area contributed by atoms with Gasteiger partial charge in [-0.1, -0.05) is 18.2 Å². The van der Waals surface area contributed by atoms with Crippen LogP contribution in [-0.2, 0) is 9.59 Å². The summed E-state index contributed by atoms with van der Waals surface area (Å²) in [4.78, 5) is 21.8. The summed E-state index contributed by atoms with van der Waals surface area (Å²) in [5.74, 6) is -1.20. The van der Waals surface area contributed by atoms with Crippen molar-refractivity contribution in [1.82, 2.24) is 0 Å². The van der Waals surface area contributed by atoms with Gasteiger partial charge in [0, 0.05) is 6.08 Å². The lowest BCUT2D eigenvalue weighted by Crippen LogP contribution is -2.06. The molecule has 0 aromatic heterocycles. The summed E-state index contributed by atoms with van der Waals surface area (Å²) in [7, 11) is 0. The zero-order valence-electron chi connectivity index (χ0n) is 9.61. The van der Waals surface area contributed by atoms with E-state index in [1.807, 2.05) is 13.0 Å². The van der Waals surface area contributed by atoms with Crippen LogP contribution in [0.15, 0.2) is 24.3 Å². The van der Waals surface area contributed by atoms with Gasteiger partial charge in [-0.2, -0.15) is 0 Å². The second-order valence-corrected chi connectivity index (χ2v) is 4.16. The Balaban J connectivity index is 3.26. The molecule has 0 spiro atoms. The van der Waals surface area contributed by atoms with Crippen molar-refractivity contribution < 1.29 is 14.7 Å². The first-order chi connectivity index (χ1) is 7.93. The van der Waals surface area contributed by atoms with Crippen LogP contribution < -0.4 is 0 Å². The van der Waals surface area contributed by atoms with Crippen molar-refractivity contribution in [1.29, 1.82) is 0 Å². The van der Waals surface area contributed by atoms with Gasteiger partial charge >= 0.3 is 5.97 Å². The van der Waals surface area contributed by atoms with Gasteiger partial charge in [-0.15, -0.1) is 11.6 Å². The minimum atomic E-state index is -1.04. The zero-order chi connectivity index (χ0) is 13.0. The Morgan fingerprint density at radius 1 is 1.41 bits per heavy atom. The van der Waals surface area contributed by atoms with Gasteiger partial charge in [0.15, 0.2) is 5.78 Å². The molecule has 1 rings (SSSR count). The van der Waals surface area contributed by atoms with Gasteiger partial charge in [-0.25, -0.2) is 4.79 Å². The van der Waals surface area contributed by atoms with Crippen molar-refractivity contribution >= 4 is 29.4 Å². The van der Waals surface area contributed by atoms with Crippen molar-refractivity contribution in [3.63, 3.8) is 0 Å². The molecule has 0 aliphatic carbocycles. The van der Waals surface area contributed by atoms with E-state index in [1.54, 1.807) is 12.1 Å². The third-order valence-electron chi connectivity index (χ3n) is 2.37. The SMILES string of the molecule is CC(=O)C(Cl)c1c(C)cccc1/C=C/C(=O)O. The zero-order valence-corrected chi connectivity index (χ0v) is 10.4. The molecule has 3 nitrogen and oxygen atoms in total. The van der Waals surface area contributed by atoms with E-state index >= 15 is 0 Å². The van der Waals surface area contributed by atoms with Crippen LogP contribution in [0.5, 0.6) is 0 Å². The van der Waals surface area contributed by atoms with E-state index in [0.29, 0.717) is 11.1 Å². The van der Waals surface area contributed by atoms with Gasteiger partial charge < -0.3 is 5.11 Å². The molecule has 0 radical (unpaired) electrons. The smallest absolute Gasteiger partial charge is 0.328 e. The molecular formula is C13H13ClO3. The van der Waals surface area contributed by atoms with E-state index in [9.17, 15) is 9.59 Å². The van der Waals surface area contributed by atoms with Crippen molar-refractivity contribution in [2.75, 3.05) is 0 Å². The van der Waals surface area contributed by atoms with Gasteiger partial charge in [-0.3, -0.25) is 4.79 Å². The average Bonchev–Trinajstić information content (AvgIpc) is 2.25. The summed E-state index contributed by atoms with van der Waals surface area (Å²) in [6, 6.07) is 5.37. The fraction of sp³-hybridized carbons (Fsp3) is 0.231. The van der Waals surface area contributed by atoms with Crippen molar-refractivity contribution in [3.8, 4) is 0 Å². The van der Waals surface area contributed by atoms with Crippen LogP contribution in [0.25, 0.3) is 6.08 Å². The minimum Gasteiger partial charge on any atom is -0.478 e. The number of aryl methyl sites for hydroxylation is 1. The highest BCUT2D eigenvalue weighted by Gasteiger charge is 2.18. The Kier molecular flexibility index (Phi) is 4.46. The van der Waals surface area contributed by atoms with E-state index in [1.165, 1.54) is 13.0 Å². The third kappa shape index (κ3) is 3.43. The summed E-state index contributed by atoms with van der Waals surface area (Å²) in [6.45, 7) is 3.25. The Hall–Kier alpha value is -1.61. The first kappa shape index (κ1) is 13.5. The molecule has 0 aliphatic rings. The quantitative estimate of drug-likeness (QED) is 0.662. The fourth-order valence-corrected chi connectivity index (χ4v) is 1.86. The molecular weight excluding hydrogens is 240 g/mol. The Morgan fingerprint density at radius 2 is 2.06 bits per heavy atom. The number of alkyl halides is 1. The molecule has 17 heavy (non-hydrogen) atoms. The van der Waals surface area contributed by atoms with E-state index in [2.05, 4.69) is 0 Å². The van der Waals surface area contributed by atoms with E-state index in [0.717, 1.165) is 11.6 Å². The summed E-state index contributed by atoms with van der Waals surface area (Å²) < 4.78 is 0. The lowest BCUT2D eigenvalue weighted by atomic mass is 9.97. The second kappa shape index (κ2) is 5.64. The van der Waals surface area contributed by atoms with Crippen LogP contribution in [-0.4, -0.2) is 16.9 Å². The van der Waals surface area contributed by atoms with E-state index < -0.39 is 11.3 Å². The monoisotopic (exact) mass is 252 g/mol. The lowest BCUT2D eigenvalue weighted by Gasteiger charge is -2.13. The van der Waals surface area contributed by atoms with Crippen molar-refractivity contribution in [2.24, 2.45) is 0 Å². The predicted octanol–water partition coefficient (Wildman–Crippen LogP) is 2.96. The molecule has 1 atom stereocenters. The first-order valence-corrected chi connectivity index (χ1v) is 5.52. The Labute approximate surface area is 105 Å². The molecule has 0 saturated heterocycles. The summed E-state index contributed by atoms with van der Waals surface area (Å²) in [6.07, 6.45) is 2.48. The van der Waals surface area contributed by atoms with Gasteiger partial charge in [0.1, 0.15) is 5.38 Å². The van der Waals surface area contributed by atoms with Crippen molar-refractivity contribution in [2.45, 2.75) is 19.2 Å². The minimum absolute atomic E-state index is 0.161. The summed E-state index contributed by atoms with van der Waals surface area (Å²) >= 11 is 6.04. The van der Waals surface area contributed by atoms with E-state index in [-0.39, 0.29) is 5.78 Å². The molecule has 0 fully saturated rings. The van der Waals surface area contributed by atoms with Gasteiger partial charge in [0.25, 0.3) is 0 Å². The van der Waals surface area contributed by atoms with Crippen molar-refractivity contribution in [3.05, 3.63) is 41.0 Å². The maximum absolute atomic E-state index is 11.3. The molecule has 0 amide bonds. The third-order valence-corrected chi connectivity index (χ3v) is 2.90. The van der Waals surface area contributed by atoms with Gasteiger partial charge in [0.2, 0.25) is 0 Å². The van der Waals surface area contributed by atoms with Crippen LogP contribution in [0, 0.1) is 6.92 Å².